The van der Waals surface area contributed by atoms with Gasteiger partial charge in [0, 0.05) is 5.66 Å². The number of hydrogen-bond acceptors (Lipinski definition) is 1. The van der Waals surface area contributed by atoms with Crippen molar-refractivity contribution < 1.29 is 5.73 Å². The van der Waals surface area contributed by atoms with E-state index in [2.05, 4.69) is 5.73 Å². The molecule has 0 aromatic heterocycles. The summed E-state index contributed by atoms with van der Waals surface area (Å²) >= 11 is 0. The molecular weight excluding hydrogens is 234 g/mol. The maximum atomic E-state index is 5.82. The molecule has 2 fully saturated rings. The summed E-state index contributed by atoms with van der Waals surface area (Å²) in [7, 11) is 0. The molecule has 1 unspecified atom stereocenters. The molecule has 0 saturated heterocycles. The Balaban J connectivity index is 1.86. The first kappa shape index (κ1) is 15.3. The molecular formula is C16H33N3. The Bertz CT molecular complexity index is 222. The summed E-state index contributed by atoms with van der Waals surface area (Å²) in [6.45, 7) is 0.729. The normalized spacial score (nSPS) is 26.2. The summed E-state index contributed by atoms with van der Waals surface area (Å²) in [5, 5.41) is 5.16. The molecule has 1 atom stereocenters. The van der Waals surface area contributed by atoms with Gasteiger partial charge in [0.15, 0.2) is 0 Å². The topological polar surface area (TPSA) is 67.8 Å². The minimum Gasteiger partial charge on any atom is -0.604 e. The van der Waals surface area contributed by atoms with Crippen molar-refractivity contribution in [1.82, 2.24) is 0 Å². The van der Waals surface area contributed by atoms with E-state index in [9.17, 15) is 0 Å². The van der Waals surface area contributed by atoms with E-state index in [-0.39, 0.29) is 5.66 Å². The number of nitrogens with zero attached hydrogens (tertiary/aromatic N) is 1. The Kier molecular flexibility index (Phi) is 6.11. The monoisotopic (exact) mass is 267 g/mol. The summed E-state index contributed by atoms with van der Waals surface area (Å²) in [6.07, 6.45) is 15.9. The second-order valence-electron chi connectivity index (χ2n) is 6.89. The Morgan fingerprint density at radius 2 is 1.53 bits per heavy atom. The Morgan fingerprint density at radius 3 is 2.11 bits per heavy atom. The van der Waals surface area contributed by atoms with Crippen LogP contribution < -0.4 is 11.5 Å². The van der Waals surface area contributed by atoms with E-state index in [1.54, 1.807) is 0 Å². The fourth-order valence-electron chi connectivity index (χ4n) is 4.01. The van der Waals surface area contributed by atoms with Crippen molar-refractivity contribution in [2.24, 2.45) is 11.7 Å². The third-order valence-electron chi connectivity index (χ3n) is 5.03. The fraction of sp³-hybridized carbons (Fsp3) is 1.00. The van der Waals surface area contributed by atoms with Crippen LogP contribution in [0.1, 0.15) is 77.0 Å². The van der Waals surface area contributed by atoms with Crippen molar-refractivity contribution in [3.05, 3.63) is 5.32 Å². The SMILES string of the molecule is NCCC([NH3+])(CC1CCCCC1)[N-]C1CCCCC1. The van der Waals surface area contributed by atoms with Crippen LogP contribution in [0.5, 0.6) is 0 Å². The Labute approximate surface area is 118 Å². The van der Waals surface area contributed by atoms with E-state index in [0.717, 1.165) is 18.9 Å². The van der Waals surface area contributed by atoms with E-state index >= 15 is 0 Å². The molecule has 0 aromatic rings. The Hall–Kier alpha value is -0.120. The highest BCUT2D eigenvalue weighted by Gasteiger charge is 2.26. The van der Waals surface area contributed by atoms with Crippen LogP contribution >= 0.6 is 0 Å². The molecule has 112 valence electrons. The molecule has 2 aliphatic rings. The number of quaternary nitrogens is 1. The maximum absolute atomic E-state index is 5.82. The standard InChI is InChI=1S/C16H32N3/c17-12-11-16(18,13-14-7-3-1-4-8-14)19-15-9-5-2-6-10-15/h14-15H,1-13,17-18H2/q-1/p+1. The first-order valence-corrected chi connectivity index (χ1v) is 8.49. The highest BCUT2D eigenvalue weighted by molar-refractivity contribution is 5.05. The van der Waals surface area contributed by atoms with Crippen LogP contribution in [0.15, 0.2) is 0 Å². The van der Waals surface area contributed by atoms with Gasteiger partial charge in [0.05, 0.1) is 0 Å². The van der Waals surface area contributed by atoms with Gasteiger partial charge in [-0.15, -0.1) is 6.04 Å². The molecule has 0 aromatic carbocycles. The number of rotatable bonds is 6. The lowest BCUT2D eigenvalue weighted by Crippen LogP contribution is -2.73. The van der Waals surface area contributed by atoms with Crippen LogP contribution in [0.4, 0.5) is 0 Å². The molecule has 5 N–H and O–H groups in total. The third-order valence-corrected chi connectivity index (χ3v) is 5.03. The number of hydrogen-bond donors (Lipinski definition) is 2. The molecule has 2 aliphatic carbocycles. The van der Waals surface area contributed by atoms with Crippen LogP contribution in [0.25, 0.3) is 5.32 Å². The largest absolute Gasteiger partial charge is 0.604 e. The second kappa shape index (κ2) is 7.61. The lowest BCUT2D eigenvalue weighted by molar-refractivity contribution is -0.469. The van der Waals surface area contributed by atoms with Gasteiger partial charge >= 0.3 is 0 Å². The lowest BCUT2D eigenvalue weighted by atomic mass is 9.81. The van der Waals surface area contributed by atoms with Gasteiger partial charge in [0.1, 0.15) is 0 Å². The van der Waals surface area contributed by atoms with E-state index in [1.807, 2.05) is 0 Å². The smallest absolute Gasteiger partial charge is 0.0146 e. The fourth-order valence-corrected chi connectivity index (χ4v) is 4.01. The van der Waals surface area contributed by atoms with E-state index in [0.29, 0.717) is 6.04 Å². The van der Waals surface area contributed by atoms with Gasteiger partial charge in [0.25, 0.3) is 0 Å². The van der Waals surface area contributed by atoms with Crippen LogP contribution in [-0.2, 0) is 0 Å². The van der Waals surface area contributed by atoms with Gasteiger partial charge in [-0.25, -0.2) is 0 Å². The van der Waals surface area contributed by atoms with Crippen LogP contribution in [-0.4, -0.2) is 18.2 Å². The van der Waals surface area contributed by atoms with E-state index in [4.69, 9.17) is 11.1 Å². The van der Waals surface area contributed by atoms with Crippen molar-refractivity contribution in [3.8, 4) is 0 Å². The molecule has 2 rings (SSSR count). The van der Waals surface area contributed by atoms with Gasteiger partial charge in [-0.3, -0.25) is 0 Å². The zero-order valence-corrected chi connectivity index (χ0v) is 12.6. The van der Waals surface area contributed by atoms with Gasteiger partial charge in [0.2, 0.25) is 0 Å². The van der Waals surface area contributed by atoms with Crippen molar-refractivity contribution in [2.75, 3.05) is 6.54 Å². The molecule has 0 heterocycles. The molecule has 0 aliphatic heterocycles. The first-order valence-electron chi connectivity index (χ1n) is 8.49. The molecule has 0 spiro atoms. The van der Waals surface area contributed by atoms with Crippen molar-refractivity contribution in [2.45, 2.75) is 88.8 Å². The molecule has 19 heavy (non-hydrogen) atoms. The molecule has 2 saturated carbocycles. The minimum absolute atomic E-state index is 0.0846. The predicted octanol–water partition coefficient (Wildman–Crippen LogP) is 2.95. The minimum atomic E-state index is -0.0846. The van der Waals surface area contributed by atoms with Gasteiger partial charge in [-0.2, -0.15) is 0 Å². The van der Waals surface area contributed by atoms with Crippen molar-refractivity contribution >= 4 is 0 Å². The quantitative estimate of drug-likeness (QED) is 0.763. The molecule has 0 amide bonds. The van der Waals surface area contributed by atoms with Crippen molar-refractivity contribution in [1.29, 1.82) is 0 Å². The summed E-state index contributed by atoms with van der Waals surface area (Å²) in [5.41, 5.74) is 10.2. The Morgan fingerprint density at radius 1 is 0.947 bits per heavy atom. The first-order chi connectivity index (χ1) is 9.22. The molecule has 3 nitrogen and oxygen atoms in total. The molecule has 0 bridgehead atoms. The van der Waals surface area contributed by atoms with Crippen LogP contribution in [0.2, 0.25) is 0 Å². The second-order valence-corrected chi connectivity index (χ2v) is 6.89. The highest BCUT2D eigenvalue weighted by atomic mass is 15.1. The van der Waals surface area contributed by atoms with Crippen LogP contribution in [0, 0.1) is 5.92 Å². The zero-order chi connectivity index (χ0) is 13.6. The summed E-state index contributed by atoms with van der Waals surface area (Å²) in [4.78, 5) is 0. The molecule has 0 radical (unpaired) electrons. The average molecular weight is 267 g/mol. The maximum Gasteiger partial charge on any atom is 0.0146 e. The number of nitrogens with two attached hydrogens (primary N) is 1. The predicted molar refractivity (Wildman–Crippen MR) is 80.7 cm³/mol. The van der Waals surface area contributed by atoms with Gasteiger partial charge < -0.3 is 16.8 Å². The van der Waals surface area contributed by atoms with E-state index < -0.39 is 0 Å². The van der Waals surface area contributed by atoms with Crippen molar-refractivity contribution in [3.63, 3.8) is 0 Å². The van der Waals surface area contributed by atoms with Gasteiger partial charge in [-0.05, 0) is 25.3 Å². The average Bonchev–Trinajstić information content (AvgIpc) is 2.41. The van der Waals surface area contributed by atoms with Gasteiger partial charge in [-0.1, -0.05) is 64.2 Å². The zero-order valence-electron chi connectivity index (χ0n) is 12.6. The summed E-state index contributed by atoms with van der Waals surface area (Å²) < 4.78 is 0. The molecule has 3 heteroatoms. The highest BCUT2D eigenvalue weighted by Crippen LogP contribution is 2.35. The lowest BCUT2D eigenvalue weighted by Gasteiger charge is -2.48. The summed E-state index contributed by atoms with van der Waals surface area (Å²) in [5.74, 6) is 0.852. The van der Waals surface area contributed by atoms with E-state index in [1.165, 1.54) is 70.6 Å². The summed E-state index contributed by atoms with van der Waals surface area (Å²) in [6, 6.07) is 0.571. The third kappa shape index (κ3) is 5.05. The van der Waals surface area contributed by atoms with Crippen LogP contribution in [0.3, 0.4) is 0 Å².